The molecule has 1 aliphatic rings. The van der Waals surface area contributed by atoms with Crippen molar-refractivity contribution in [3.63, 3.8) is 0 Å². The Kier molecular flexibility index (Phi) is 2.62. The van der Waals surface area contributed by atoms with Crippen LogP contribution in [0.3, 0.4) is 0 Å². The zero-order chi connectivity index (χ0) is 9.10. The molecule has 1 aromatic carbocycles. The monoisotopic (exact) mass is 178 g/mol. The Hall–Kier alpha value is -0.860. The van der Waals surface area contributed by atoms with E-state index < -0.39 is 6.29 Å². The van der Waals surface area contributed by atoms with E-state index in [1.165, 1.54) is 5.56 Å². The standard InChI is InChI=1S/C11H14O2/c12-11-7-10(8-13-11)6-9-4-2-1-3-5-9/h1-5,10-12H,6-8H2/t10-,11-/m0/s1. The van der Waals surface area contributed by atoms with Crippen LogP contribution in [0.4, 0.5) is 0 Å². The second kappa shape index (κ2) is 3.90. The summed E-state index contributed by atoms with van der Waals surface area (Å²) in [7, 11) is 0. The van der Waals surface area contributed by atoms with Crippen molar-refractivity contribution in [3.8, 4) is 0 Å². The minimum Gasteiger partial charge on any atom is -0.368 e. The second-order valence-corrected chi connectivity index (χ2v) is 3.58. The SMILES string of the molecule is O[C@@H]1C[C@H](Cc2ccccc2)CO1. The molecule has 1 aromatic rings. The second-order valence-electron chi connectivity index (χ2n) is 3.58. The van der Waals surface area contributed by atoms with Crippen molar-refractivity contribution in [1.82, 2.24) is 0 Å². The van der Waals surface area contributed by atoms with Crippen molar-refractivity contribution in [2.45, 2.75) is 19.1 Å². The third-order valence-corrected chi connectivity index (χ3v) is 2.43. The Labute approximate surface area is 78.2 Å². The highest BCUT2D eigenvalue weighted by atomic mass is 16.6. The summed E-state index contributed by atoms with van der Waals surface area (Å²) in [5, 5.41) is 9.16. The molecule has 13 heavy (non-hydrogen) atoms. The summed E-state index contributed by atoms with van der Waals surface area (Å²) in [6.07, 6.45) is 1.25. The van der Waals surface area contributed by atoms with Crippen LogP contribution < -0.4 is 0 Å². The van der Waals surface area contributed by atoms with Crippen LogP contribution in [-0.4, -0.2) is 18.0 Å². The molecule has 0 bridgehead atoms. The fraction of sp³-hybridized carbons (Fsp3) is 0.455. The van der Waals surface area contributed by atoms with Crippen LogP contribution >= 0.6 is 0 Å². The highest BCUT2D eigenvalue weighted by molar-refractivity contribution is 5.15. The number of hydrogen-bond acceptors (Lipinski definition) is 2. The van der Waals surface area contributed by atoms with Gasteiger partial charge in [0.1, 0.15) is 0 Å². The maximum absolute atomic E-state index is 9.16. The molecule has 1 N–H and O–H groups in total. The summed E-state index contributed by atoms with van der Waals surface area (Å²) in [4.78, 5) is 0. The van der Waals surface area contributed by atoms with Gasteiger partial charge in [-0.05, 0) is 17.9 Å². The van der Waals surface area contributed by atoms with Crippen molar-refractivity contribution >= 4 is 0 Å². The van der Waals surface area contributed by atoms with Crippen LogP contribution in [0.1, 0.15) is 12.0 Å². The molecule has 1 aliphatic heterocycles. The predicted octanol–water partition coefficient (Wildman–Crippen LogP) is 1.58. The van der Waals surface area contributed by atoms with Gasteiger partial charge in [-0.25, -0.2) is 0 Å². The maximum Gasteiger partial charge on any atom is 0.154 e. The fourth-order valence-electron chi connectivity index (χ4n) is 1.76. The van der Waals surface area contributed by atoms with Gasteiger partial charge in [0.25, 0.3) is 0 Å². The zero-order valence-corrected chi connectivity index (χ0v) is 7.52. The normalized spacial score (nSPS) is 27.8. The molecule has 1 saturated heterocycles. The molecule has 1 fully saturated rings. The highest BCUT2D eigenvalue weighted by Gasteiger charge is 2.23. The molecule has 0 amide bonds. The molecule has 2 heteroatoms. The fourth-order valence-corrected chi connectivity index (χ4v) is 1.76. The van der Waals surface area contributed by atoms with Crippen LogP contribution in [-0.2, 0) is 11.2 Å². The van der Waals surface area contributed by atoms with Gasteiger partial charge in [-0.15, -0.1) is 0 Å². The number of rotatable bonds is 2. The summed E-state index contributed by atoms with van der Waals surface area (Å²) in [6, 6.07) is 10.3. The van der Waals surface area contributed by atoms with Crippen molar-refractivity contribution in [1.29, 1.82) is 0 Å². The number of aliphatic hydroxyl groups is 1. The van der Waals surface area contributed by atoms with Crippen molar-refractivity contribution in [2.75, 3.05) is 6.61 Å². The highest BCUT2D eigenvalue weighted by Crippen LogP contribution is 2.21. The van der Waals surface area contributed by atoms with E-state index in [9.17, 15) is 0 Å². The van der Waals surface area contributed by atoms with Gasteiger partial charge in [0.15, 0.2) is 6.29 Å². The van der Waals surface area contributed by atoms with Crippen molar-refractivity contribution in [3.05, 3.63) is 35.9 Å². The van der Waals surface area contributed by atoms with Crippen LogP contribution in [0.5, 0.6) is 0 Å². The Balaban J connectivity index is 1.92. The minimum atomic E-state index is -0.534. The van der Waals surface area contributed by atoms with Crippen LogP contribution in [0.15, 0.2) is 30.3 Å². The van der Waals surface area contributed by atoms with E-state index in [2.05, 4.69) is 12.1 Å². The smallest absolute Gasteiger partial charge is 0.154 e. The number of hydrogen-bond donors (Lipinski definition) is 1. The molecule has 2 rings (SSSR count). The summed E-state index contributed by atoms with van der Waals surface area (Å²) in [5.41, 5.74) is 1.32. The van der Waals surface area contributed by atoms with E-state index in [0.29, 0.717) is 12.5 Å². The molecule has 0 aromatic heterocycles. The molecule has 70 valence electrons. The lowest BCUT2D eigenvalue weighted by atomic mass is 9.99. The minimum absolute atomic E-state index is 0.484. The Morgan fingerprint density at radius 2 is 2.08 bits per heavy atom. The van der Waals surface area contributed by atoms with Gasteiger partial charge in [-0.2, -0.15) is 0 Å². The molecule has 0 spiro atoms. The number of ether oxygens (including phenoxy) is 1. The van der Waals surface area contributed by atoms with Crippen LogP contribution in [0, 0.1) is 5.92 Å². The molecule has 1 heterocycles. The molecule has 2 nitrogen and oxygen atoms in total. The summed E-state index contributed by atoms with van der Waals surface area (Å²) in [5.74, 6) is 0.484. The van der Waals surface area contributed by atoms with E-state index in [4.69, 9.17) is 9.84 Å². The third kappa shape index (κ3) is 2.29. The van der Waals surface area contributed by atoms with Gasteiger partial charge in [0.05, 0.1) is 6.61 Å². The topological polar surface area (TPSA) is 29.5 Å². The molecule has 0 radical (unpaired) electrons. The van der Waals surface area contributed by atoms with Crippen molar-refractivity contribution < 1.29 is 9.84 Å². The van der Waals surface area contributed by atoms with E-state index >= 15 is 0 Å². The van der Waals surface area contributed by atoms with E-state index in [1.807, 2.05) is 18.2 Å². The molecule has 0 saturated carbocycles. The lowest BCUT2D eigenvalue weighted by Crippen LogP contribution is -2.04. The first-order valence-electron chi connectivity index (χ1n) is 4.68. The van der Waals surface area contributed by atoms with Gasteiger partial charge in [0.2, 0.25) is 0 Å². The summed E-state index contributed by atoms with van der Waals surface area (Å²) >= 11 is 0. The average Bonchev–Trinajstić information content (AvgIpc) is 2.53. The first kappa shape index (κ1) is 8.73. The lowest BCUT2D eigenvalue weighted by molar-refractivity contribution is -0.0591. The van der Waals surface area contributed by atoms with Crippen molar-refractivity contribution in [2.24, 2.45) is 5.92 Å². The summed E-state index contributed by atoms with van der Waals surface area (Å²) < 4.78 is 5.09. The number of benzene rings is 1. The zero-order valence-electron chi connectivity index (χ0n) is 7.52. The number of aliphatic hydroxyl groups excluding tert-OH is 1. The van der Waals surface area contributed by atoms with E-state index in [0.717, 1.165) is 12.8 Å². The Morgan fingerprint density at radius 1 is 1.31 bits per heavy atom. The molecule has 0 aliphatic carbocycles. The largest absolute Gasteiger partial charge is 0.368 e. The Bertz CT molecular complexity index is 258. The predicted molar refractivity (Wildman–Crippen MR) is 50.2 cm³/mol. The molecule has 0 unspecified atom stereocenters. The van der Waals surface area contributed by atoms with E-state index in [1.54, 1.807) is 0 Å². The third-order valence-electron chi connectivity index (χ3n) is 2.43. The first-order valence-corrected chi connectivity index (χ1v) is 4.68. The molecular weight excluding hydrogens is 164 g/mol. The quantitative estimate of drug-likeness (QED) is 0.745. The molecular formula is C11H14O2. The van der Waals surface area contributed by atoms with E-state index in [-0.39, 0.29) is 0 Å². The molecule has 2 atom stereocenters. The van der Waals surface area contributed by atoms with Crippen LogP contribution in [0.2, 0.25) is 0 Å². The van der Waals surface area contributed by atoms with Gasteiger partial charge < -0.3 is 9.84 Å². The van der Waals surface area contributed by atoms with Gasteiger partial charge in [-0.1, -0.05) is 30.3 Å². The average molecular weight is 178 g/mol. The lowest BCUT2D eigenvalue weighted by Gasteiger charge is -2.06. The van der Waals surface area contributed by atoms with Gasteiger partial charge in [-0.3, -0.25) is 0 Å². The summed E-state index contributed by atoms with van der Waals surface area (Å²) in [6.45, 7) is 0.691. The Morgan fingerprint density at radius 3 is 2.69 bits per heavy atom. The first-order chi connectivity index (χ1) is 6.34. The van der Waals surface area contributed by atoms with Crippen LogP contribution in [0.25, 0.3) is 0 Å². The van der Waals surface area contributed by atoms with Gasteiger partial charge >= 0.3 is 0 Å². The maximum atomic E-state index is 9.16. The van der Waals surface area contributed by atoms with Gasteiger partial charge in [0, 0.05) is 6.42 Å².